The fraction of sp³-hybridized carbons (Fsp3) is 0.923. The van der Waals surface area contributed by atoms with Crippen LogP contribution in [0.3, 0.4) is 0 Å². The second-order valence-electron chi connectivity index (χ2n) is 5.62. The summed E-state index contributed by atoms with van der Waals surface area (Å²) in [5, 5.41) is 8.87. The van der Waals surface area contributed by atoms with E-state index >= 15 is 0 Å². The maximum absolute atomic E-state index is 12.1. The number of likely N-dealkylation sites (N-methyl/N-ethyl adjacent to an activating group) is 1. The first kappa shape index (κ1) is 13.6. The number of carbonyl (C=O) groups excluding carboxylic acids is 1. The molecule has 0 spiro atoms. The monoisotopic (exact) mass is 255 g/mol. The van der Waals surface area contributed by atoms with Crippen LogP contribution in [0.4, 0.5) is 4.79 Å². The van der Waals surface area contributed by atoms with Crippen molar-refractivity contribution in [3.63, 3.8) is 0 Å². The van der Waals surface area contributed by atoms with Crippen molar-refractivity contribution in [3.8, 4) is 0 Å². The van der Waals surface area contributed by atoms with Crippen molar-refractivity contribution in [3.05, 3.63) is 0 Å². The van der Waals surface area contributed by atoms with E-state index in [2.05, 4.69) is 11.9 Å². The molecule has 18 heavy (non-hydrogen) atoms. The third kappa shape index (κ3) is 2.78. The quantitative estimate of drug-likeness (QED) is 0.793. The number of piperidine rings is 1. The van der Waals surface area contributed by atoms with Gasteiger partial charge in [0.15, 0.2) is 0 Å². The highest BCUT2D eigenvalue weighted by Crippen LogP contribution is 2.28. The number of aliphatic hydroxyl groups excluding tert-OH is 1. The lowest BCUT2D eigenvalue weighted by molar-refractivity contribution is 0.150. The van der Waals surface area contributed by atoms with Crippen LogP contribution in [0.15, 0.2) is 0 Å². The second-order valence-corrected chi connectivity index (χ2v) is 5.62. The summed E-state index contributed by atoms with van der Waals surface area (Å²) in [6.07, 6.45) is 3.05. The Bertz CT molecular complexity index is 290. The van der Waals surface area contributed by atoms with Gasteiger partial charge in [0.25, 0.3) is 0 Å². The molecule has 5 heteroatoms. The van der Waals surface area contributed by atoms with Gasteiger partial charge in [-0.15, -0.1) is 0 Å². The van der Waals surface area contributed by atoms with E-state index in [1.165, 1.54) is 12.8 Å². The van der Waals surface area contributed by atoms with E-state index in [-0.39, 0.29) is 12.6 Å². The predicted molar refractivity (Wildman–Crippen MR) is 70.4 cm³/mol. The molecule has 0 aliphatic carbocycles. The van der Waals surface area contributed by atoms with Crippen LogP contribution in [0.1, 0.15) is 19.3 Å². The van der Waals surface area contributed by atoms with Crippen LogP contribution in [0, 0.1) is 5.92 Å². The van der Waals surface area contributed by atoms with Gasteiger partial charge in [-0.25, -0.2) is 4.79 Å². The average molecular weight is 255 g/mol. The van der Waals surface area contributed by atoms with Gasteiger partial charge in [-0.2, -0.15) is 0 Å². The average Bonchev–Trinajstić information content (AvgIpc) is 2.65. The number of urea groups is 1. The zero-order valence-electron chi connectivity index (χ0n) is 11.5. The molecular formula is C13H25N3O2. The lowest BCUT2D eigenvalue weighted by atomic mass is 9.89. The van der Waals surface area contributed by atoms with Gasteiger partial charge in [-0.1, -0.05) is 0 Å². The van der Waals surface area contributed by atoms with Gasteiger partial charge < -0.3 is 19.8 Å². The molecule has 2 aliphatic rings. The second kappa shape index (κ2) is 5.89. The Labute approximate surface area is 109 Å². The number of nitrogens with zero attached hydrogens (tertiary/aromatic N) is 3. The number of carbonyl (C=O) groups is 1. The van der Waals surface area contributed by atoms with Gasteiger partial charge in [0.2, 0.25) is 0 Å². The Morgan fingerprint density at radius 2 is 1.94 bits per heavy atom. The Kier molecular flexibility index (Phi) is 4.45. The molecule has 0 aromatic heterocycles. The summed E-state index contributed by atoms with van der Waals surface area (Å²) in [4.78, 5) is 18.2. The molecule has 2 fully saturated rings. The van der Waals surface area contributed by atoms with E-state index in [9.17, 15) is 4.79 Å². The largest absolute Gasteiger partial charge is 0.396 e. The van der Waals surface area contributed by atoms with Gasteiger partial charge in [0.05, 0.1) is 6.04 Å². The normalized spacial score (nSPS) is 27.3. The summed E-state index contributed by atoms with van der Waals surface area (Å²) >= 11 is 0. The molecule has 0 radical (unpaired) electrons. The molecular weight excluding hydrogens is 230 g/mol. The molecule has 0 bridgehead atoms. The van der Waals surface area contributed by atoms with E-state index < -0.39 is 0 Å². The zero-order chi connectivity index (χ0) is 13.1. The van der Waals surface area contributed by atoms with Crippen molar-refractivity contribution in [2.75, 3.05) is 46.9 Å². The van der Waals surface area contributed by atoms with E-state index in [1.807, 2.05) is 16.8 Å². The van der Waals surface area contributed by atoms with Gasteiger partial charge >= 0.3 is 6.03 Å². The van der Waals surface area contributed by atoms with Crippen LogP contribution in [0.25, 0.3) is 0 Å². The zero-order valence-corrected chi connectivity index (χ0v) is 11.5. The minimum Gasteiger partial charge on any atom is -0.396 e. The highest BCUT2D eigenvalue weighted by molar-refractivity contribution is 5.76. The molecule has 2 heterocycles. The topological polar surface area (TPSA) is 47.0 Å². The molecule has 104 valence electrons. The third-order valence-corrected chi connectivity index (χ3v) is 4.37. The molecule has 0 aromatic carbocycles. The van der Waals surface area contributed by atoms with Crippen molar-refractivity contribution < 1.29 is 9.90 Å². The van der Waals surface area contributed by atoms with Crippen molar-refractivity contribution in [1.29, 1.82) is 0 Å². The van der Waals surface area contributed by atoms with E-state index in [0.29, 0.717) is 24.9 Å². The van der Waals surface area contributed by atoms with E-state index in [4.69, 9.17) is 5.11 Å². The van der Waals surface area contributed by atoms with Crippen LogP contribution in [0.2, 0.25) is 0 Å². The smallest absolute Gasteiger partial charge is 0.320 e. The number of rotatable bonds is 4. The highest BCUT2D eigenvalue weighted by atomic mass is 16.3. The van der Waals surface area contributed by atoms with Crippen molar-refractivity contribution in [2.24, 2.45) is 5.92 Å². The van der Waals surface area contributed by atoms with Crippen molar-refractivity contribution in [2.45, 2.75) is 25.3 Å². The van der Waals surface area contributed by atoms with Gasteiger partial charge in [-0.3, -0.25) is 0 Å². The Hall–Kier alpha value is -0.810. The van der Waals surface area contributed by atoms with Crippen molar-refractivity contribution >= 4 is 6.03 Å². The molecule has 0 saturated carbocycles. The van der Waals surface area contributed by atoms with Crippen LogP contribution in [-0.2, 0) is 0 Å². The molecule has 2 amide bonds. The standard InChI is InChI=1S/C13H25N3O2/c1-14-7-4-11(5-8-14)12-10-16(6-3-9-17)13(18)15(12)2/h11-12,17H,3-10H2,1-2H3. The maximum Gasteiger partial charge on any atom is 0.320 e. The highest BCUT2D eigenvalue weighted by Gasteiger charge is 2.39. The summed E-state index contributed by atoms with van der Waals surface area (Å²) in [5.41, 5.74) is 0. The van der Waals surface area contributed by atoms with Crippen LogP contribution in [0.5, 0.6) is 0 Å². The molecule has 1 unspecified atom stereocenters. The van der Waals surface area contributed by atoms with Crippen LogP contribution >= 0.6 is 0 Å². The predicted octanol–water partition coefficient (Wildman–Crippen LogP) is 0.447. The summed E-state index contributed by atoms with van der Waals surface area (Å²) in [5.74, 6) is 0.634. The Balaban J connectivity index is 1.91. The fourth-order valence-corrected chi connectivity index (χ4v) is 3.12. The van der Waals surface area contributed by atoms with E-state index in [1.54, 1.807) is 0 Å². The molecule has 0 aromatic rings. The van der Waals surface area contributed by atoms with Gasteiger partial charge in [-0.05, 0) is 45.3 Å². The summed E-state index contributed by atoms with van der Waals surface area (Å²) < 4.78 is 0. The summed E-state index contributed by atoms with van der Waals surface area (Å²) in [6.45, 7) is 3.96. The Morgan fingerprint density at radius 3 is 2.56 bits per heavy atom. The Morgan fingerprint density at radius 1 is 1.28 bits per heavy atom. The van der Waals surface area contributed by atoms with Crippen LogP contribution in [-0.4, -0.2) is 78.8 Å². The minimum atomic E-state index is 0.132. The maximum atomic E-state index is 12.1. The lowest BCUT2D eigenvalue weighted by Crippen LogP contribution is -2.42. The first-order valence-corrected chi connectivity index (χ1v) is 6.94. The first-order valence-electron chi connectivity index (χ1n) is 6.94. The molecule has 2 saturated heterocycles. The fourth-order valence-electron chi connectivity index (χ4n) is 3.12. The molecule has 2 rings (SSSR count). The third-order valence-electron chi connectivity index (χ3n) is 4.37. The molecule has 1 N–H and O–H groups in total. The number of likely N-dealkylation sites (tertiary alicyclic amines) is 1. The summed E-state index contributed by atoms with van der Waals surface area (Å²) in [7, 11) is 4.08. The van der Waals surface area contributed by atoms with Gasteiger partial charge in [0.1, 0.15) is 0 Å². The lowest BCUT2D eigenvalue weighted by Gasteiger charge is -2.34. The number of hydrogen-bond donors (Lipinski definition) is 1. The molecule has 1 atom stereocenters. The van der Waals surface area contributed by atoms with Crippen molar-refractivity contribution in [1.82, 2.24) is 14.7 Å². The number of aliphatic hydroxyl groups is 1. The number of amides is 2. The minimum absolute atomic E-state index is 0.132. The summed E-state index contributed by atoms with van der Waals surface area (Å²) in [6, 6.07) is 0.497. The van der Waals surface area contributed by atoms with E-state index in [0.717, 1.165) is 19.6 Å². The number of hydrogen-bond acceptors (Lipinski definition) is 3. The van der Waals surface area contributed by atoms with Crippen LogP contribution < -0.4 is 0 Å². The molecule has 5 nitrogen and oxygen atoms in total. The SMILES string of the molecule is CN1CCC(C2CN(CCCO)C(=O)N2C)CC1. The molecule has 2 aliphatic heterocycles. The first-order chi connectivity index (χ1) is 8.63. The van der Waals surface area contributed by atoms with Gasteiger partial charge in [0, 0.05) is 26.7 Å².